The maximum atomic E-state index is 13.3. The number of hydrogen-bond donors (Lipinski definition) is 1. The number of benzene rings is 2. The molecule has 0 aliphatic carbocycles. The van der Waals surface area contributed by atoms with Gasteiger partial charge in [0.25, 0.3) is 5.56 Å². The molecule has 0 saturated carbocycles. The molecule has 1 amide bonds. The topological polar surface area (TPSA) is 123 Å². The van der Waals surface area contributed by atoms with Crippen molar-refractivity contribution in [1.29, 1.82) is 0 Å². The molecule has 1 atom stereocenters. The van der Waals surface area contributed by atoms with Crippen LogP contribution in [0, 0.1) is 0 Å². The van der Waals surface area contributed by atoms with Gasteiger partial charge in [-0.1, -0.05) is 12.1 Å². The van der Waals surface area contributed by atoms with E-state index >= 15 is 0 Å². The molecule has 0 spiro atoms. The molecule has 1 fully saturated rings. The van der Waals surface area contributed by atoms with E-state index in [1.54, 1.807) is 61.5 Å². The third-order valence-corrected chi connectivity index (χ3v) is 7.98. The van der Waals surface area contributed by atoms with E-state index in [2.05, 4.69) is 25.1 Å². The van der Waals surface area contributed by atoms with E-state index in [9.17, 15) is 18.4 Å². The average Bonchev–Trinajstić information content (AvgIpc) is 3.63. The summed E-state index contributed by atoms with van der Waals surface area (Å²) in [7, 11) is 1.63. The van der Waals surface area contributed by atoms with Crippen LogP contribution in [0.4, 0.5) is 14.7 Å². The van der Waals surface area contributed by atoms with E-state index in [1.807, 2.05) is 24.0 Å². The molecule has 12 nitrogen and oxygen atoms in total. The summed E-state index contributed by atoms with van der Waals surface area (Å²) < 4.78 is 40.3. The predicted octanol–water partition coefficient (Wildman–Crippen LogP) is 3.81. The van der Waals surface area contributed by atoms with Crippen molar-refractivity contribution in [2.24, 2.45) is 7.05 Å². The molecule has 2 aromatic carbocycles. The first-order chi connectivity index (χ1) is 21.7. The average molecular weight is 619 g/mol. The maximum absolute atomic E-state index is 13.3. The Hall–Kier alpha value is -5.27. The lowest BCUT2D eigenvalue weighted by molar-refractivity contribution is -0.131. The highest BCUT2D eigenvalue weighted by molar-refractivity contribution is 5.84. The van der Waals surface area contributed by atoms with E-state index in [0.717, 1.165) is 16.7 Å². The maximum Gasteiger partial charge on any atom is 0.387 e. The van der Waals surface area contributed by atoms with Gasteiger partial charge >= 0.3 is 6.61 Å². The molecule has 234 valence electrons. The molecule has 1 N–H and O–H groups in total. The molecule has 0 radical (unpaired) electrons. The second-order valence-electron chi connectivity index (χ2n) is 10.9. The van der Waals surface area contributed by atoms with E-state index < -0.39 is 6.61 Å². The van der Waals surface area contributed by atoms with Gasteiger partial charge in [-0.05, 0) is 42.3 Å². The molecule has 1 aliphatic rings. The number of nitrogens with one attached hydrogen (secondary N) is 1. The van der Waals surface area contributed by atoms with Gasteiger partial charge in [-0.2, -0.15) is 13.9 Å². The van der Waals surface area contributed by atoms with Crippen LogP contribution >= 0.6 is 0 Å². The lowest BCUT2D eigenvalue weighted by Crippen LogP contribution is -2.53. The van der Waals surface area contributed by atoms with Crippen molar-refractivity contribution in [1.82, 2.24) is 34.4 Å². The van der Waals surface area contributed by atoms with Crippen LogP contribution in [0.3, 0.4) is 0 Å². The lowest BCUT2D eigenvalue weighted by atomic mass is 10.1. The third kappa shape index (κ3) is 6.21. The normalized spacial score (nSPS) is 15.2. The van der Waals surface area contributed by atoms with Crippen molar-refractivity contribution in [3.8, 4) is 22.8 Å². The largest absolute Gasteiger partial charge is 0.473 e. The molecule has 1 unspecified atom stereocenters. The summed E-state index contributed by atoms with van der Waals surface area (Å²) in [6, 6.07) is 12.0. The fourth-order valence-electron chi connectivity index (χ4n) is 5.69. The van der Waals surface area contributed by atoms with Crippen LogP contribution < -0.4 is 19.9 Å². The number of fused-ring (bicyclic) bond motifs is 1. The monoisotopic (exact) mass is 618 g/mol. The van der Waals surface area contributed by atoms with Crippen LogP contribution in [0.25, 0.3) is 22.0 Å². The number of ether oxygens (including phenoxy) is 2. The van der Waals surface area contributed by atoms with Gasteiger partial charge < -0.3 is 19.3 Å². The first-order valence-electron chi connectivity index (χ1n) is 14.4. The van der Waals surface area contributed by atoms with Crippen LogP contribution in [0.5, 0.6) is 11.6 Å². The van der Waals surface area contributed by atoms with Crippen molar-refractivity contribution in [2.75, 3.05) is 24.5 Å². The Bertz CT molecular complexity index is 1870. The summed E-state index contributed by atoms with van der Waals surface area (Å²) in [6.45, 7) is 2.69. The van der Waals surface area contributed by atoms with E-state index in [0.29, 0.717) is 47.9 Å². The number of carbonyl (C=O) groups excluding carboxylic acids is 1. The molecule has 5 aromatic rings. The Kier molecular flexibility index (Phi) is 8.20. The predicted molar refractivity (Wildman–Crippen MR) is 162 cm³/mol. The fraction of sp³-hybridized carbons (Fsp3) is 0.323. The highest BCUT2D eigenvalue weighted by atomic mass is 19.3. The molecule has 6 rings (SSSR count). The first kappa shape index (κ1) is 29.8. The zero-order valence-electron chi connectivity index (χ0n) is 25.0. The molecule has 45 heavy (non-hydrogen) atoms. The Morgan fingerprint density at radius 3 is 2.58 bits per heavy atom. The summed E-state index contributed by atoms with van der Waals surface area (Å²) >= 11 is 0. The van der Waals surface area contributed by atoms with E-state index in [4.69, 9.17) is 9.47 Å². The van der Waals surface area contributed by atoms with Gasteiger partial charge in [0.2, 0.25) is 17.7 Å². The Labute approximate surface area is 256 Å². The number of aromatic amines is 1. The van der Waals surface area contributed by atoms with Crippen LogP contribution in [0.1, 0.15) is 25.0 Å². The second kappa shape index (κ2) is 12.4. The summed E-state index contributed by atoms with van der Waals surface area (Å²) in [4.78, 5) is 38.1. The number of carbonyl (C=O) groups is 1. The first-order valence-corrected chi connectivity index (χ1v) is 14.4. The van der Waals surface area contributed by atoms with Gasteiger partial charge in [-0.3, -0.25) is 19.0 Å². The fourth-order valence-corrected chi connectivity index (χ4v) is 5.69. The lowest BCUT2D eigenvalue weighted by Gasteiger charge is -2.39. The van der Waals surface area contributed by atoms with Crippen molar-refractivity contribution in [2.45, 2.75) is 39.7 Å². The number of alkyl halides is 2. The number of hydrogen-bond acceptors (Lipinski definition) is 8. The zero-order valence-corrected chi connectivity index (χ0v) is 25.0. The van der Waals surface area contributed by atoms with Crippen molar-refractivity contribution >= 4 is 22.8 Å². The van der Waals surface area contributed by atoms with Gasteiger partial charge in [-0.15, -0.1) is 0 Å². The SMILES string of the molecule is CC(=O)N1CCN(c2ncc(-c3ccc4c(=O)n(C)n(Cc5cc(COc6ccn[nH]6)ccc5OC(F)F)c4c3)cn2)CC1C. The molecule has 14 heteroatoms. The quantitative estimate of drug-likeness (QED) is 0.265. The number of amides is 1. The van der Waals surface area contributed by atoms with Gasteiger partial charge in [0.1, 0.15) is 12.4 Å². The number of aromatic nitrogens is 6. The highest BCUT2D eigenvalue weighted by Gasteiger charge is 2.26. The van der Waals surface area contributed by atoms with Crippen LogP contribution in [-0.4, -0.2) is 72.6 Å². The second-order valence-corrected chi connectivity index (χ2v) is 10.9. The van der Waals surface area contributed by atoms with Crippen LogP contribution in [-0.2, 0) is 25.0 Å². The Morgan fingerprint density at radius 2 is 1.89 bits per heavy atom. The van der Waals surface area contributed by atoms with Crippen molar-refractivity contribution in [3.63, 3.8) is 0 Å². The molecule has 1 aliphatic heterocycles. The standard InChI is InChI=1S/C31H32F2N8O4/c1-19-16-39(10-11-40(19)20(2)42)31-34-14-24(15-35-31)22-5-6-25-26(13-22)41(38(3)29(25)43)17-23-12-21(4-7-27(23)45-30(32)33)18-44-28-8-9-36-37-28/h4-9,12-15,19,30H,10-11,16-18H2,1-3H3,(H,36,37). The smallest absolute Gasteiger partial charge is 0.387 e. The summed E-state index contributed by atoms with van der Waals surface area (Å²) in [5, 5.41) is 7.04. The van der Waals surface area contributed by atoms with Gasteiger partial charge in [0.15, 0.2) is 0 Å². The third-order valence-electron chi connectivity index (χ3n) is 7.98. The molecule has 3 aromatic heterocycles. The van der Waals surface area contributed by atoms with Crippen molar-refractivity contribution in [3.05, 3.63) is 82.5 Å². The van der Waals surface area contributed by atoms with Gasteiger partial charge in [0.05, 0.1) is 23.6 Å². The van der Waals surface area contributed by atoms with E-state index in [1.165, 1.54) is 10.7 Å². The number of halogens is 2. The summed E-state index contributed by atoms with van der Waals surface area (Å²) in [6.07, 6.45) is 5.02. The molecular weight excluding hydrogens is 586 g/mol. The van der Waals surface area contributed by atoms with Crippen LogP contribution in [0.2, 0.25) is 0 Å². The van der Waals surface area contributed by atoms with Crippen LogP contribution in [0.15, 0.2) is 65.8 Å². The minimum absolute atomic E-state index is 0.00295. The number of H-pyrrole nitrogens is 1. The van der Waals surface area contributed by atoms with Gasteiger partial charge in [0, 0.05) is 69.2 Å². The molecule has 4 heterocycles. The number of anilines is 1. The zero-order chi connectivity index (χ0) is 31.7. The Balaban J connectivity index is 1.29. The number of piperazine rings is 1. The number of nitrogens with zero attached hydrogens (tertiary/aromatic N) is 7. The molecule has 0 bridgehead atoms. The van der Waals surface area contributed by atoms with Crippen molar-refractivity contribution < 1.29 is 23.0 Å². The minimum atomic E-state index is -3.02. The Morgan fingerprint density at radius 1 is 1.09 bits per heavy atom. The molecule has 1 saturated heterocycles. The summed E-state index contributed by atoms with van der Waals surface area (Å²) in [5.74, 6) is 1.11. The summed E-state index contributed by atoms with van der Waals surface area (Å²) in [5.41, 5.74) is 3.09. The number of rotatable bonds is 9. The minimum Gasteiger partial charge on any atom is -0.473 e. The molecular formula is C31H32F2N8O4. The van der Waals surface area contributed by atoms with E-state index in [-0.39, 0.29) is 36.4 Å². The van der Waals surface area contributed by atoms with Gasteiger partial charge in [-0.25, -0.2) is 15.1 Å². The highest BCUT2D eigenvalue weighted by Crippen LogP contribution is 2.28.